The second kappa shape index (κ2) is 11.1. The van der Waals surface area contributed by atoms with E-state index in [1.807, 2.05) is 0 Å². The fourth-order valence-electron chi connectivity index (χ4n) is 2.68. The molecule has 0 aromatic heterocycles. The standard InChI is InChI=1S/C22H29NO6/c1-7-10-17(18(19(24)27-8-2)20(25)28-9-3)15-11-13-16(14-12-15)23-21(26)29-22(4,5)6/h1,11-14,17-18H,8-10H2,2-6H3,(H,23,26). The number of anilines is 1. The minimum atomic E-state index is -1.17. The van der Waals surface area contributed by atoms with Crippen LogP contribution in [0.5, 0.6) is 0 Å². The topological polar surface area (TPSA) is 90.9 Å². The number of benzene rings is 1. The Bertz CT molecular complexity index is 724. The maximum absolute atomic E-state index is 12.4. The largest absolute Gasteiger partial charge is 0.465 e. The summed E-state index contributed by atoms with van der Waals surface area (Å²) in [6.45, 7) is 8.90. The number of hydrogen-bond donors (Lipinski definition) is 1. The normalized spacial score (nSPS) is 11.9. The number of carbonyl (C=O) groups is 3. The Morgan fingerprint density at radius 1 is 1.03 bits per heavy atom. The van der Waals surface area contributed by atoms with Gasteiger partial charge in [0.15, 0.2) is 5.92 Å². The Labute approximate surface area is 172 Å². The van der Waals surface area contributed by atoms with Crippen LogP contribution in [0.2, 0.25) is 0 Å². The van der Waals surface area contributed by atoms with Crippen LogP contribution >= 0.6 is 0 Å². The molecule has 1 amide bonds. The van der Waals surface area contributed by atoms with Gasteiger partial charge in [-0.3, -0.25) is 14.9 Å². The summed E-state index contributed by atoms with van der Waals surface area (Å²) in [5, 5.41) is 2.63. The summed E-state index contributed by atoms with van der Waals surface area (Å²) < 4.78 is 15.3. The Kier molecular flexibility index (Phi) is 9.20. The molecular formula is C22H29NO6. The molecule has 1 N–H and O–H groups in total. The van der Waals surface area contributed by atoms with Crippen molar-refractivity contribution < 1.29 is 28.6 Å². The molecule has 0 saturated heterocycles. The predicted molar refractivity (Wildman–Crippen MR) is 109 cm³/mol. The van der Waals surface area contributed by atoms with Gasteiger partial charge in [0.1, 0.15) is 5.60 Å². The van der Waals surface area contributed by atoms with Crippen LogP contribution < -0.4 is 5.32 Å². The van der Waals surface area contributed by atoms with Gasteiger partial charge >= 0.3 is 18.0 Å². The first-order valence-corrected chi connectivity index (χ1v) is 9.49. The van der Waals surface area contributed by atoms with Gasteiger partial charge in [-0.1, -0.05) is 12.1 Å². The average Bonchev–Trinajstić information content (AvgIpc) is 2.61. The number of nitrogens with one attached hydrogen (secondary N) is 1. The smallest absolute Gasteiger partial charge is 0.412 e. The molecule has 0 heterocycles. The second-order valence-electron chi connectivity index (χ2n) is 7.25. The molecule has 7 nitrogen and oxygen atoms in total. The molecule has 1 rings (SSSR count). The molecule has 0 spiro atoms. The molecule has 0 saturated carbocycles. The molecule has 1 aromatic carbocycles. The number of esters is 2. The summed E-state index contributed by atoms with van der Waals surface area (Å²) in [6.07, 6.45) is 5.04. The lowest BCUT2D eigenvalue weighted by Crippen LogP contribution is -2.33. The minimum Gasteiger partial charge on any atom is -0.465 e. The predicted octanol–water partition coefficient (Wildman–Crippen LogP) is 3.88. The first-order valence-electron chi connectivity index (χ1n) is 9.49. The van der Waals surface area contributed by atoms with Gasteiger partial charge in [-0.05, 0) is 52.3 Å². The summed E-state index contributed by atoms with van der Waals surface area (Å²) in [4.78, 5) is 36.8. The fraction of sp³-hybridized carbons (Fsp3) is 0.500. The SMILES string of the molecule is C#CCC(c1ccc(NC(=O)OC(C)(C)C)cc1)C(C(=O)OCC)C(=O)OCC. The van der Waals surface area contributed by atoms with Gasteiger partial charge < -0.3 is 14.2 Å². The number of carbonyl (C=O) groups excluding carboxylic acids is 3. The molecule has 1 aromatic rings. The zero-order valence-electron chi connectivity index (χ0n) is 17.6. The molecule has 158 valence electrons. The molecule has 0 aliphatic heterocycles. The van der Waals surface area contributed by atoms with Crippen LogP contribution in [0.4, 0.5) is 10.5 Å². The van der Waals surface area contributed by atoms with Gasteiger partial charge in [0.05, 0.1) is 13.2 Å². The Morgan fingerprint density at radius 2 is 1.55 bits per heavy atom. The van der Waals surface area contributed by atoms with E-state index in [0.29, 0.717) is 11.3 Å². The maximum atomic E-state index is 12.4. The zero-order valence-corrected chi connectivity index (χ0v) is 17.6. The molecule has 0 radical (unpaired) electrons. The first kappa shape index (κ1) is 24.0. The monoisotopic (exact) mass is 403 g/mol. The van der Waals surface area contributed by atoms with E-state index < -0.39 is 35.5 Å². The summed E-state index contributed by atoms with van der Waals surface area (Å²) in [5.41, 5.74) is 0.545. The summed E-state index contributed by atoms with van der Waals surface area (Å²) in [6, 6.07) is 6.69. The number of terminal acetylenes is 1. The van der Waals surface area contributed by atoms with Gasteiger partial charge in [0.25, 0.3) is 0 Å². The highest BCUT2D eigenvalue weighted by Gasteiger charge is 2.38. The van der Waals surface area contributed by atoms with Gasteiger partial charge in [-0.2, -0.15) is 0 Å². The Morgan fingerprint density at radius 3 is 1.97 bits per heavy atom. The van der Waals surface area contributed by atoms with E-state index in [-0.39, 0.29) is 19.6 Å². The van der Waals surface area contributed by atoms with E-state index in [4.69, 9.17) is 20.6 Å². The van der Waals surface area contributed by atoms with Crippen molar-refractivity contribution in [3.05, 3.63) is 29.8 Å². The van der Waals surface area contributed by atoms with E-state index in [1.165, 1.54) is 0 Å². The Hall–Kier alpha value is -3.01. The van der Waals surface area contributed by atoms with E-state index in [1.54, 1.807) is 58.9 Å². The molecule has 0 bridgehead atoms. The lowest BCUT2D eigenvalue weighted by Gasteiger charge is -2.23. The van der Waals surface area contributed by atoms with Crippen molar-refractivity contribution in [2.45, 2.75) is 52.6 Å². The average molecular weight is 403 g/mol. The van der Waals surface area contributed by atoms with E-state index in [0.717, 1.165) is 0 Å². The number of amides is 1. The molecule has 29 heavy (non-hydrogen) atoms. The van der Waals surface area contributed by atoms with Gasteiger partial charge in [-0.25, -0.2) is 4.79 Å². The number of hydrogen-bond acceptors (Lipinski definition) is 6. The van der Waals surface area contributed by atoms with Gasteiger partial charge in [-0.15, -0.1) is 12.3 Å². The third-order valence-corrected chi connectivity index (χ3v) is 3.81. The third kappa shape index (κ3) is 7.86. The van der Waals surface area contributed by atoms with Crippen molar-refractivity contribution in [1.82, 2.24) is 0 Å². The molecule has 0 fully saturated rings. The van der Waals surface area contributed by atoms with Crippen LogP contribution in [0.1, 0.15) is 52.5 Å². The summed E-state index contributed by atoms with van der Waals surface area (Å²) in [7, 11) is 0. The summed E-state index contributed by atoms with van der Waals surface area (Å²) in [5.74, 6) is -0.637. The van der Waals surface area contributed by atoms with E-state index in [2.05, 4.69) is 11.2 Å². The van der Waals surface area contributed by atoms with Crippen molar-refractivity contribution in [2.24, 2.45) is 5.92 Å². The van der Waals surface area contributed by atoms with Crippen LogP contribution in [-0.2, 0) is 23.8 Å². The van der Waals surface area contributed by atoms with E-state index in [9.17, 15) is 14.4 Å². The maximum Gasteiger partial charge on any atom is 0.412 e. The quantitative estimate of drug-likeness (QED) is 0.307. The zero-order chi connectivity index (χ0) is 22.0. The first-order chi connectivity index (χ1) is 13.6. The molecule has 1 unspecified atom stereocenters. The highest BCUT2D eigenvalue weighted by molar-refractivity contribution is 5.96. The van der Waals surface area contributed by atoms with Crippen molar-refractivity contribution in [2.75, 3.05) is 18.5 Å². The van der Waals surface area contributed by atoms with Crippen molar-refractivity contribution in [3.8, 4) is 12.3 Å². The summed E-state index contributed by atoms with van der Waals surface area (Å²) >= 11 is 0. The third-order valence-electron chi connectivity index (χ3n) is 3.81. The molecule has 7 heteroatoms. The van der Waals surface area contributed by atoms with E-state index >= 15 is 0 Å². The van der Waals surface area contributed by atoms with Crippen LogP contribution in [0.3, 0.4) is 0 Å². The minimum absolute atomic E-state index is 0.135. The number of rotatable bonds is 8. The molecule has 1 atom stereocenters. The van der Waals surface area contributed by atoms with Crippen molar-refractivity contribution in [1.29, 1.82) is 0 Å². The molecular weight excluding hydrogens is 374 g/mol. The van der Waals surface area contributed by atoms with Crippen LogP contribution in [0, 0.1) is 18.3 Å². The van der Waals surface area contributed by atoms with Crippen molar-refractivity contribution >= 4 is 23.7 Å². The molecule has 0 aliphatic carbocycles. The highest BCUT2D eigenvalue weighted by Crippen LogP contribution is 2.31. The van der Waals surface area contributed by atoms with Crippen LogP contribution in [-0.4, -0.2) is 36.8 Å². The van der Waals surface area contributed by atoms with Gasteiger partial charge in [0, 0.05) is 18.0 Å². The highest BCUT2D eigenvalue weighted by atomic mass is 16.6. The molecule has 0 aliphatic rings. The lowest BCUT2D eigenvalue weighted by molar-refractivity contribution is -0.162. The van der Waals surface area contributed by atoms with Crippen molar-refractivity contribution in [3.63, 3.8) is 0 Å². The van der Waals surface area contributed by atoms with Gasteiger partial charge in [0.2, 0.25) is 0 Å². The lowest BCUT2D eigenvalue weighted by atomic mass is 9.83. The number of ether oxygens (including phenoxy) is 3. The Balaban J connectivity index is 3.10. The second-order valence-corrected chi connectivity index (χ2v) is 7.25. The fourth-order valence-corrected chi connectivity index (χ4v) is 2.68. The van der Waals surface area contributed by atoms with Crippen LogP contribution in [0.15, 0.2) is 24.3 Å². The van der Waals surface area contributed by atoms with Crippen LogP contribution in [0.25, 0.3) is 0 Å².